The highest BCUT2D eigenvalue weighted by Crippen LogP contribution is 2.64. The summed E-state index contributed by atoms with van der Waals surface area (Å²) in [6, 6.07) is 5.27. The molecule has 4 saturated carbocycles. The smallest absolute Gasteiger partial charge is 0.322 e. The van der Waals surface area contributed by atoms with Gasteiger partial charge in [0.1, 0.15) is 6.33 Å². The lowest BCUT2D eigenvalue weighted by molar-refractivity contribution is -0.150. The highest BCUT2D eigenvalue weighted by molar-refractivity contribution is 9.10. The van der Waals surface area contributed by atoms with Crippen LogP contribution in [0.25, 0.3) is 0 Å². The summed E-state index contributed by atoms with van der Waals surface area (Å²) in [5.41, 5.74) is 1.16. The first-order valence-electron chi connectivity index (χ1n) is 12.6. The zero-order valence-electron chi connectivity index (χ0n) is 20.6. The molecule has 7 rings (SSSR count). The third-order valence-corrected chi connectivity index (χ3v) is 9.03. The molecule has 0 saturated heterocycles. The number of hydrogen-bond donors (Lipinski definition) is 1. The average molecular weight is 577 g/mol. The molecular weight excluding hydrogens is 549 g/mol. The summed E-state index contributed by atoms with van der Waals surface area (Å²) in [4.78, 5) is 18.2. The monoisotopic (exact) mass is 576 g/mol. The maximum absolute atomic E-state index is 13.9. The zero-order valence-corrected chi connectivity index (χ0v) is 22.2. The molecule has 1 N–H and O–H groups in total. The van der Waals surface area contributed by atoms with Crippen molar-refractivity contribution in [2.75, 3.05) is 5.32 Å². The zero-order chi connectivity index (χ0) is 26.2. The van der Waals surface area contributed by atoms with Gasteiger partial charge in [0.15, 0.2) is 0 Å². The molecule has 7 nitrogen and oxygen atoms in total. The third-order valence-electron chi connectivity index (χ3n) is 8.67. The predicted octanol–water partition coefficient (Wildman–Crippen LogP) is 5.86. The van der Waals surface area contributed by atoms with E-state index >= 15 is 0 Å². The van der Waals surface area contributed by atoms with Gasteiger partial charge in [-0.15, -0.1) is 5.10 Å². The van der Waals surface area contributed by atoms with Crippen molar-refractivity contribution in [2.24, 2.45) is 17.3 Å². The Morgan fingerprint density at radius 3 is 2.54 bits per heavy atom. The van der Waals surface area contributed by atoms with Crippen LogP contribution in [0.3, 0.4) is 0 Å². The molecule has 37 heavy (non-hydrogen) atoms. The van der Waals surface area contributed by atoms with Crippen LogP contribution in [0.2, 0.25) is 0 Å². The number of hydrogen-bond acceptors (Lipinski definition) is 4. The van der Waals surface area contributed by atoms with E-state index in [2.05, 4.69) is 36.4 Å². The summed E-state index contributed by atoms with van der Waals surface area (Å²) in [6.07, 6.45) is 3.01. The van der Waals surface area contributed by atoms with E-state index in [1.165, 1.54) is 6.07 Å². The van der Waals surface area contributed by atoms with Crippen LogP contribution >= 0.6 is 15.9 Å². The van der Waals surface area contributed by atoms with Gasteiger partial charge in [0.05, 0.1) is 40.1 Å². The van der Waals surface area contributed by atoms with Crippen LogP contribution in [0.1, 0.15) is 61.0 Å². The highest BCUT2D eigenvalue weighted by atomic mass is 79.9. The number of carbonyl (C=O) groups excluding carboxylic acids is 1. The van der Waals surface area contributed by atoms with Crippen molar-refractivity contribution in [3.8, 4) is 0 Å². The Balaban J connectivity index is 1.25. The number of aryl methyl sites for hydroxylation is 1. The fourth-order valence-electron chi connectivity index (χ4n) is 7.52. The topological polar surface area (TPSA) is 77.6 Å². The molecule has 3 aromatic rings. The molecule has 4 aliphatic carbocycles. The Kier molecular flexibility index (Phi) is 5.60. The quantitative estimate of drug-likeness (QED) is 0.413. The number of anilines is 1. The van der Waals surface area contributed by atoms with E-state index in [4.69, 9.17) is 0 Å². The van der Waals surface area contributed by atoms with E-state index in [0.29, 0.717) is 33.5 Å². The molecule has 0 radical (unpaired) electrons. The number of benzene rings is 1. The number of nitrogens with one attached hydrogen (secondary N) is 1. The SMILES string of the molecule is Cc1nn(Cc2cccc(C(F)(F)F)c2)c(C)c1NC(=O)C12CC3CC(C1)CC(n1cnc(Br)n1)(C3)C2. The fourth-order valence-corrected chi connectivity index (χ4v) is 7.78. The lowest BCUT2D eigenvalue weighted by Gasteiger charge is -2.60. The second-order valence-corrected chi connectivity index (χ2v) is 12.0. The fraction of sp³-hybridized carbons (Fsp3) is 0.538. The average Bonchev–Trinajstić information content (AvgIpc) is 3.37. The minimum Gasteiger partial charge on any atom is -0.322 e. The second kappa shape index (κ2) is 8.41. The molecule has 4 fully saturated rings. The number of nitrogens with zero attached hydrogens (tertiary/aromatic N) is 5. The molecular formula is C26H28BrF3N6O. The number of halogens is 4. The summed E-state index contributed by atoms with van der Waals surface area (Å²) in [5.74, 6) is 0.955. The van der Waals surface area contributed by atoms with Gasteiger partial charge in [-0.1, -0.05) is 12.1 Å². The Hall–Kier alpha value is -2.69. The third kappa shape index (κ3) is 4.19. The van der Waals surface area contributed by atoms with Gasteiger partial charge in [-0.05, 0) is 97.8 Å². The van der Waals surface area contributed by atoms with Crippen LogP contribution in [0.5, 0.6) is 0 Å². The van der Waals surface area contributed by atoms with Crippen molar-refractivity contribution in [1.29, 1.82) is 0 Å². The Bertz CT molecular complexity index is 1360. The molecule has 2 aromatic heterocycles. The first kappa shape index (κ1) is 24.6. The molecule has 11 heteroatoms. The number of aromatic nitrogens is 5. The molecule has 0 aliphatic heterocycles. The van der Waals surface area contributed by atoms with Crippen molar-refractivity contribution in [3.05, 3.63) is 57.8 Å². The van der Waals surface area contributed by atoms with Gasteiger partial charge in [-0.2, -0.15) is 18.3 Å². The molecule has 2 unspecified atom stereocenters. The van der Waals surface area contributed by atoms with E-state index < -0.39 is 17.2 Å². The number of alkyl halides is 3. The summed E-state index contributed by atoms with van der Waals surface area (Å²) in [6.45, 7) is 3.85. The molecule has 2 heterocycles. The van der Waals surface area contributed by atoms with Gasteiger partial charge >= 0.3 is 6.18 Å². The Morgan fingerprint density at radius 1 is 1.16 bits per heavy atom. The van der Waals surface area contributed by atoms with Crippen molar-refractivity contribution in [3.63, 3.8) is 0 Å². The molecule has 1 amide bonds. The van der Waals surface area contributed by atoms with Crippen molar-refractivity contribution in [1.82, 2.24) is 24.5 Å². The lowest BCUT2D eigenvalue weighted by Crippen LogP contribution is -2.60. The van der Waals surface area contributed by atoms with Crippen LogP contribution in [0, 0.1) is 31.1 Å². The lowest BCUT2D eigenvalue weighted by atomic mass is 9.46. The van der Waals surface area contributed by atoms with Gasteiger partial charge < -0.3 is 5.32 Å². The maximum atomic E-state index is 13.9. The van der Waals surface area contributed by atoms with Crippen molar-refractivity contribution in [2.45, 2.75) is 70.6 Å². The summed E-state index contributed by atoms with van der Waals surface area (Å²) in [7, 11) is 0. The normalized spacial score (nSPS) is 28.6. The highest BCUT2D eigenvalue weighted by Gasteiger charge is 2.61. The Morgan fingerprint density at radius 2 is 1.89 bits per heavy atom. The summed E-state index contributed by atoms with van der Waals surface area (Å²) in [5, 5.41) is 12.3. The van der Waals surface area contributed by atoms with E-state index in [0.717, 1.165) is 56.4 Å². The van der Waals surface area contributed by atoms with Gasteiger partial charge in [0, 0.05) is 0 Å². The molecule has 0 spiro atoms. The van der Waals surface area contributed by atoms with Crippen molar-refractivity contribution < 1.29 is 18.0 Å². The van der Waals surface area contributed by atoms with Gasteiger partial charge in [0.2, 0.25) is 10.6 Å². The van der Waals surface area contributed by atoms with Gasteiger partial charge in [-0.25, -0.2) is 9.67 Å². The standard InChI is InChI=1S/C26H28BrF3N6O/c1-15-21(16(2)35(33-15)12-17-4-3-5-20(7-17)26(28,29)30)32-22(37)24-8-18-6-19(9-24)11-25(10-18,13-24)36-14-31-23(27)34-36/h3-5,7,14,18-19H,6,8-13H2,1-2H3,(H,32,37). The number of rotatable bonds is 5. The molecule has 4 aliphatic rings. The largest absolute Gasteiger partial charge is 0.416 e. The number of carbonyl (C=O) groups is 1. The van der Waals surface area contributed by atoms with Crippen LogP contribution in [-0.4, -0.2) is 30.5 Å². The van der Waals surface area contributed by atoms with Crippen LogP contribution in [0.15, 0.2) is 35.3 Å². The first-order chi connectivity index (χ1) is 17.5. The minimum absolute atomic E-state index is 0.00924. The molecule has 4 bridgehead atoms. The van der Waals surface area contributed by atoms with E-state index in [9.17, 15) is 18.0 Å². The maximum Gasteiger partial charge on any atom is 0.416 e. The van der Waals surface area contributed by atoms with E-state index in [1.807, 2.05) is 18.5 Å². The predicted molar refractivity (Wildman–Crippen MR) is 134 cm³/mol. The molecule has 196 valence electrons. The Labute approximate surface area is 221 Å². The van der Waals surface area contributed by atoms with Gasteiger partial charge in [0.25, 0.3) is 0 Å². The summed E-state index contributed by atoms with van der Waals surface area (Å²) < 4.78 is 43.7. The van der Waals surface area contributed by atoms with Gasteiger partial charge in [-0.3, -0.25) is 9.48 Å². The van der Waals surface area contributed by atoms with E-state index in [1.54, 1.807) is 17.1 Å². The van der Waals surface area contributed by atoms with Crippen LogP contribution in [-0.2, 0) is 23.1 Å². The molecule has 2 atom stereocenters. The van der Waals surface area contributed by atoms with Crippen molar-refractivity contribution >= 4 is 27.5 Å². The first-order valence-corrected chi connectivity index (χ1v) is 13.3. The second-order valence-electron chi connectivity index (χ2n) is 11.3. The summed E-state index contributed by atoms with van der Waals surface area (Å²) >= 11 is 3.37. The van der Waals surface area contributed by atoms with Crippen LogP contribution in [0.4, 0.5) is 18.9 Å². The van der Waals surface area contributed by atoms with Crippen LogP contribution < -0.4 is 5.32 Å². The number of amides is 1. The molecule has 1 aromatic carbocycles. The minimum atomic E-state index is -4.40. The van der Waals surface area contributed by atoms with E-state index in [-0.39, 0.29) is 18.0 Å².